The van der Waals surface area contributed by atoms with Gasteiger partial charge in [0.15, 0.2) is 0 Å². The van der Waals surface area contributed by atoms with Crippen LogP contribution in [0, 0.1) is 6.92 Å². The van der Waals surface area contributed by atoms with E-state index in [-0.39, 0.29) is 0 Å². The highest BCUT2D eigenvalue weighted by atomic mass is 15.3. The topological polar surface area (TPSA) is 53.9 Å². The van der Waals surface area contributed by atoms with Gasteiger partial charge in [0.05, 0.1) is 0 Å². The molecule has 5 nitrogen and oxygen atoms in total. The molecule has 0 fully saturated rings. The van der Waals surface area contributed by atoms with Crippen molar-refractivity contribution in [2.45, 2.75) is 19.8 Å². The van der Waals surface area contributed by atoms with Crippen LogP contribution in [0.2, 0.25) is 0 Å². The monoisotopic (exact) mass is 271 g/mol. The first-order valence-corrected chi connectivity index (χ1v) is 6.83. The fourth-order valence-corrected chi connectivity index (χ4v) is 1.88. The van der Waals surface area contributed by atoms with Crippen molar-refractivity contribution in [2.24, 2.45) is 0 Å². The molecule has 0 unspecified atom stereocenters. The Morgan fingerprint density at radius 1 is 1.05 bits per heavy atom. The zero-order chi connectivity index (χ0) is 14.4. The molecule has 2 rings (SSSR count). The summed E-state index contributed by atoms with van der Waals surface area (Å²) in [4.78, 5) is 14.8. The van der Waals surface area contributed by atoms with E-state index in [9.17, 15) is 0 Å². The predicted octanol–water partition coefficient (Wildman–Crippen LogP) is 2.29. The highest BCUT2D eigenvalue weighted by Gasteiger charge is 2.04. The lowest BCUT2D eigenvalue weighted by molar-refractivity contribution is 0.840. The van der Waals surface area contributed by atoms with E-state index in [2.05, 4.69) is 44.5 Å². The maximum Gasteiger partial charge on any atom is 0.229 e. The van der Waals surface area contributed by atoms with E-state index in [1.165, 1.54) is 5.56 Å². The predicted molar refractivity (Wildman–Crippen MR) is 82.1 cm³/mol. The van der Waals surface area contributed by atoms with Crippen molar-refractivity contribution in [2.75, 3.05) is 30.9 Å². The van der Waals surface area contributed by atoms with Crippen LogP contribution in [0.25, 0.3) is 0 Å². The van der Waals surface area contributed by atoms with Gasteiger partial charge in [-0.2, -0.15) is 15.0 Å². The summed E-state index contributed by atoms with van der Waals surface area (Å²) in [5.74, 6) is 2.06. The number of rotatable bonds is 6. The van der Waals surface area contributed by atoms with Crippen LogP contribution in [-0.4, -0.2) is 35.6 Å². The molecule has 1 aromatic heterocycles. The summed E-state index contributed by atoms with van der Waals surface area (Å²) < 4.78 is 0. The molecule has 0 radical (unpaired) electrons. The van der Waals surface area contributed by atoms with Gasteiger partial charge in [0, 0.05) is 20.6 Å². The molecule has 0 saturated carbocycles. The van der Waals surface area contributed by atoms with Gasteiger partial charge in [-0.15, -0.1) is 0 Å². The normalized spacial score (nSPS) is 10.3. The van der Waals surface area contributed by atoms with Crippen LogP contribution < -0.4 is 10.2 Å². The van der Waals surface area contributed by atoms with Gasteiger partial charge in [-0.05, 0) is 25.3 Å². The average molecular weight is 271 g/mol. The van der Waals surface area contributed by atoms with E-state index in [4.69, 9.17) is 0 Å². The van der Waals surface area contributed by atoms with E-state index in [1.54, 1.807) is 0 Å². The fraction of sp³-hybridized carbons (Fsp3) is 0.400. The van der Waals surface area contributed by atoms with Gasteiger partial charge in [-0.25, -0.2) is 0 Å². The molecule has 106 valence electrons. The number of hydrogen-bond acceptors (Lipinski definition) is 5. The van der Waals surface area contributed by atoms with Crippen LogP contribution in [0.15, 0.2) is 30.3 Å². The molecule has 1 heterocycles. The van der Waals surface area contributed by atoms with E-state index in [1.807, 2.05) is 32.0 Å². The molecular formula is C15H21N5. The summed E-state index contributed by atoms with van der Waals surface area (Å²) >= 11 is 0. The Labute approximate surface area is 120 Å². The molecule has 0 saturated heterocycles. The lowest BCUT2D eigenvalue weighted by Gasteiger charge is -2.12. The molecule has 1 aromatic carbocycles. The Bertz CT molecular complexity index is 539. The van der Waals surface area contributed by atoms with Gasteiger partial charge in [-0.3, -0.25) is 0 Å². The maximum absolute atomic E-state index is 4.37. The van der Waals surface area contributed by atoms with Crippen molar-refractivity contribution in [3.05, 3.63) is 41.7 Å². The Morgan fingerprint density at radius 2 is 1.80 bits per heavy atom. The maximum atomic E-state index is 4.37. The highest BCUT2D eigenvalue weighted by Crippen LogP contribution is 2.08. The molecule has 2 aromatic rings. The highest BCUT2D eigenvalue weighted by molar-refractivity contribution is 5.35. The van der Waals surface area contributed by atoms with Gasteiger partial charge in [-0.1, -0.05) is 30.3 Å². The van der Waals surface area contributed by atoms with E-state index in [0.717, 1.165) is 25.2 Å². The van der Waals surface area contributed by atoms with Crippen molar-refractivity contribution in [1.29, 1.82) is 0 Å². The number of anilines is 2. The van der Waals surface area contributed by atoms with Crippen LogP contribution in [-0.2, 0) is 6.42 Å². The molecule has 0 atom stereocenters. The number of aromatic nitrogens is 3. The van der Waals surface area contributed by atoms with Crippen LogP contribution in [0.1, 0.15) is 17.8 Å². The zero-order valence-electron chi connectivity index (χ0n) is 12.3. The van der Waals surface area contributed by atoms with Crippen molar-refractivity contribution in [3.63, 3.8) is 0 Å². The van der Waals surface area contributed by atoms with Crippen molar-refractivity contribution >= 4 is 11.9 Å². The first kappa shape index (κ1) is 14.2. The number of benzene rings is 1. The third-order valence-electron chi connectivity index (χ3n) is 2.90. The van der Waals surface area contributed by atoms with Gasteiger partial charge in [0.1, 0.15) is 5.82 Å². The third kappa shape index (κ3) is 4.19. The molecular weight excluding hydrogens is 250 g/mol. The Balaban J connectivity index is 1.85. The molecule has 0 amide bonds. The Hall–Kier alpha value is -2.17. The Morgan fingerprint density at radius 3 is 2.50 bits per heavy atom. The lowest BCUT2D eigenvalue weighted by Crippen LogP contribution is -2.16. The fourth-order valence-electron chi connectivity index (χ4n) is 1.88. The number of nitrogens with zero attached hydrogens (tertiary/aromatic N) is 4. The van der Waals surface area contributed by atoms with Gasteiger partial charge < -0.3 is 10.2 Å². The van der Waals surface area contributed by atoms with Gasteiger partial charge >= 0.3 is 0 Å². The van der Waals surface area contributed by atoms with Crippen LogP contribution >= 0.6 is 0 Å². The summed E-state index contributed by atoms with van der Waals surface area (Å²) in [7, 11) is 3.85. The van der Waals surface area contributed by atoms with Gasteiger partial charge in [0.25, 0.3) is 0 Å². The minimum atomic E-state index is 0.647. The molecule has 0 aliphatic rings. The van der Waals surface area contributed by atoms with E-state index in [0.29, 0.717) is 11.9 Å². The second kappa shape index (κ2) is 6.84. The number of hydrogen-bond donors (Lipinski definition) is 1. The lowest BCUT2D eigenvalue weighted by atomic mass is 10.1. The summed E-state index contributed by atoms with van der Waals surface area (Å²) in [5, 5.41) is 3.26. The molecule has 20 heavy (non-hydrogen) atoms. The number of aryl methyl sites for hydroxylation is 2. The number of nitrogens with one attached hydrogen (secondary N) is 1. The largest absolute Gasteiger partial charge is 0.354 e. The minimum absolute atomic E-state index is 0.647. The Kier molecular flexibility index (Phi) is 4.87. The van der Waals surface area contributed by atoms with Crippen molar-refractivity contribution in [3.8, 4) is 0 Å². The van der Waals surface area contributed by atoms with E-state index >= 15 is 0 Å². The molecule has 0 aliphatic heterocycles. The SMILES string of the molecule is Cc1nc(NCCCc2ccccc2)nc(N(C)C)n1. The summed E-state index contributed by atoms with van der Waals surface area (Å²) in [5.41, 5.74) is 1.36. The average Bonchev–Trinajstić information content (AvgIpc) is 2.44. The van der Waals surface area contributed by atoms with Crippen LogP contribution in [0.5, 0.6) is 0 Å². The smallest absolute Gasteiger partial charge is 0.229 e. The standard InChI is InChI=1S/C15H21N5/c1-12-17-14(19-15(18-12)20(2)3)16-11-7-10-13-8-5-4-6-9-13/h4-6,8-9H,7,10-11H2,1-3H3,(H,16,17,18,19). The second-order valence-corrected chi connectivity index (χ2v) is 4.92. The quantitative estimate of drug-likeness (QED) is 0.817. The van der Waals surface area contributed by atoms with E-state index < -0.39 is 0 Å². The molecule has 0 bridgehead atoms. The zero-order valence-corrected chi connectivity index (χ0v) is 12.3. The molecule has 0 aliphatic carbocycles. The summed E-state index contributed by atoms with van der Waals surface area (Å²) in [6, 6.07) is 10.5. The van der Waals surface area contributed by atoms with Crippen molar-refractivity contribution < 1.29 is 0 Å². The summed E-state index contributed by atoms with van der Waals surface area (Å²) in [6.45, 7) is 2.73. The van der Waals surface area contributed by atoms with Crippen LogP contribution in [0.3, 0.4) is 0 Å². The van der Waals surface area contributed by atoms with Gasteiger partial charge in [0.2, 0.25) is 11.9 Å². The third-order valence-corrected chi connectivity index (χ3v) is 2.90. The molecule has 0 spiro atoms. The second-order valence-electron chi connectivity index (χ2n) is 4.92. The molecule has 5 heteroatoms. The minimum Gasteiger partial charge on any atom is -0.354 e. The molecule has 1 N–H and O–H groups in total. The van der Waals surface area contributed by atoms with Crippen LogP contribution in [0.4, 0.5) is 11.9 Å². The van der Waals surface area contributed by atoms with Crippen molar-refractivity contribution in [1.82, 2.24) is 15.0 Å². The summed E-state index contributed by atoms with van der Waals surface area (Å²) in [6.07, 6.45) is 2.10. The first-order valence-electron chi connectivity index (χ1n) is 6.83. The first-order chi connectivity index (χ1) is 9.65.